The molecule has 1 N–H and O–H groups in total. The van der Waals surface area contributed by atoms with E-state index >= 15 is 0 Å². The van der Waals surface area contributed by atoms with Gasteiger partial charge in [0.25, 0.3) is 11.6 Å². The molecule has 3 aromatic rings. The Kier molecular flexibility index (Phi) is 6.39. The number of carbonyl (C=O) groups is 2. The van der Waals surface area contributed by atoms with Gasteiger partial charge in [0.1, 0.15) is 0 Å². The van der Waals surface area contributed by atoms with E-state index in [1.807, 2.05) is 17.5 Å². The predicted octanol–water partition coefficient (Wildman–Crippen LogP) is 2.20. The fraction of sp³-hybridized carbons (Fsp3) is 0.278. The Morgan fingerprint density at radius 2 is 2.14 bits per heavy atom. The maximum Gasteiger partial charge on any atom is 0.419 e. The highest BCUT2D eigenvalue weighted by Gasteiger charge is 2.15. The zero-order chi connectivity index (χ0) is 20.8. The molecule has 0 bridgehead atoms. The van der Waals surface area contributed by atoms with Crippen molar-refractivity contribution in [2.24, 2.45) is 0 Å². The summed E-state index contributed by atoms with van der Waals surface area (Å²) in [4.78, 5) is 46.6. The van der Waals surface area contributed by atoms with Gasteiger partial charge in [0.15, 0.2) is 12.2 Å². The summed E-state index contributed by atoms with van der Waals surface area (Å²) in [7, 11) is 0. The van der Waals surface area contributed by atoms with Crippen LogP contribution in [0.25, 0.3) is 11.1 Å². The first-order chi connectivity index (χ1) is 13.9. The van der Waals surface area contributed by atoms with E-state index in [9.17, 15) is 24.5 Å². The lowest BCUT2D eigenvalue weighted by molar-refractivity contribution is -0.384. The van der Waals surface area contributed by atoms with Gasteiger partial charge in [0.05, 0.1) is 23.1 Å². The minimum absolute atomic E-state index is 0.00427. The quantitative estimate of drug-likeness (QED) is 0.319. The van der Waals surface area contributed by atoms with Gasteiger partial charge in [-0.25, -0.2) is 4.79 Å². The number of aryl methyl sites for hydroxylation is 1. The Bertz CT molecular complexity index is 1080. The van der Waals surface area contributed by atoms with E-state index < -0.39 is 22.6 Å². The second-order valence-corrected chi connectivity index (χ2v) is 7.08. The van der Waals surface area contributed by atoms with Crippen LogP contribution >= 0.6 is 11.3 Å². The topological polar surface area (TPSA) is 134 Å². The van der Waals surface area contributed by atoms with E-state index in [1.54, 1.807) is 0 Å². The van der Waals surface area contributed by atoms with Crippen molar-refractivity contribution in [2.45, 2.75) is 25.9 Å². The Morgan fingerprint density at radius 1 is 1.31 bits per heavy atom. The van der Waals surface area contributed by atoms with Crippen LogP contribution in [0.3, 0.4) is 0 Å². The molecule has 1 amide bonds. The number of esters is 1. The molecule has 0 radical (unpaired) electrons. The Hall–Kier alpha value is -3.47. The molecule has 1 aromatic carbocycles. The molecule has 0 saturated carbocycles. The summed E-state index contributed by atoms with van der Waals surface area (Å²) in [5.41, 5.74) is 0.329. The van der Waals surface area contributed by atoms with Crippen LogP contribution in [-0.2, 0) is 27.4 Å². The fourth-order valence-corrected chi connectivity index (χ4v) is 3.27. The van der Waals surface area contributed by atoms with Gasteiger partial charge < -0.3 is 14.5 Å². The molecule has 0 fully saturated rings. The number of nitro benzene ring substituents is 1. The Morgan fingerprint density at radius 3 is 2.86 bits per heavy atom. The normalized spacial score (nSPS) is 10.8. The highest BCUT2D eigenvalue weighted by Crippen LogP contribution is 2.20. The lowest BCUT2D eigenvalue weighted by atomic mass is 10.2. The van der Waals surface area contributed by atoms with Crippen LogP contribution in [0.5, 0.6) is 0 Å². The standard InChI is InChI=1S/C18H17N3O7S/c22-16(19-10-13-3-2-8-29-13)11-27-17(23)4-1-7-20-14-6-5-12(21(25)26)9-15(14)28-18(20)24/h2-3,5-6,8-9H,1,4,7,10-11H2,(H,19,22). The predicted molar refractivity (Wildman–Crippen MR) is 103 cm³/mol. The van der Waals surface area contributed by atoms with Crippen LogP contribution in [-0.4, -0.2) is 28.0 Å². The number of rotatable bonds is 9. The lowest BCUT2D eigenvalue weighted by Gasteiger charge is -2.06. The van der Waals surface area contributed by atoms with Crippen molar-refractivity contribution in [2.75, 3.05) is 6.61 Å². The molecule has 11 heteroatoms. The maximum absolute atomic E-state index is 11.9. The number of aromatic nitrogens is 1. The Labute approximate surface area is 167 Å². The lowest BCUT2D eigenvalue weighted by Crippen LogP contribution is -2.28. The van der Waals surface area contributed by atoms with Gasteiger partial charge in [-0.05, 0) is 23.9 Å². The summed E-state index contributed by atoms with van der Waals surface area (Å²) in [6.07, 6.45) is 0.283. The molecule has 0 aliphatic carbocycles. The average molecular weight is 419 g/mol. The summed E-state index contributed by atoms with van der Waals surface area (Å²) in [5, 5.41) is 15.3. The van der Waals surface area contributed by atoms with Gasteiger partial charge in [-0.2, -0.15) is 0 Å². The van der Waals surface area contributed by atoms with E-state index in [0.717, 1.165) is 4.88 Å². The number of hydrogen-bond acceptors (Lipinski definition) is 8. The molecule has 3 rings (SSSR count). The molecule has 2 heterocycles. The van der Waals surface area contributed by atoms with E-state index in [2.05, 4.69) is 5.32 Å². The maximum atomic E-state index is 11.9. The largest absolute Gasteiger partial charge is 0.456 e. The van der Waals surface area contributed by atoms with E-state index in [-0.39, 0.29) is 37.3 Å². The summed E-state index contributed by atoms with van der Waals surface area (Å²) in [5.74, 6) is -1.63. The molecule has 0 unspecified atom stereocenters. The first-order valence-electron chi connectivity index (χ1n) is 8.66. The van der Waals surface area contributed by atoms with Gasteiger partial charge in [-0.3, -0.25) is 24.3 Å². The van der Waals surface area contributed by atoms with Crippen molar-refractivity contribution >= 4 is 40.0 Å². The SMILES string of the molecule is O=C(COC(=O)CCCn1c(=O)oc2cc([N+](=O)[O-])ccc21)NCc1cccs1. The molecule has 0 saturated heterocycles. The smallest absolute Gasteiger partial charge is 0.419 e. The number of nitrogens with one attached hydrogen (secondary N) is 1. The molecular weight excluding hydrogens is 402 g/mol. The highest BCUT2D eigenvalue weighted by atomic mass is 32.1. The van der Waals surface area contributed by atoms with Crippen LogP contribution < -0.4 is 11.1 Å². The summed E-state index contributed by atoms with van der Waals surface area (Å²) < 4.78 is 11.2. The first kappa shape index (κ1) is 20.3. The van der Waals surface area contributed by atoms with Gasteiger partial charge in [-0.15, -0.1) is 11.3 Å². The van der Waals surface area contributed by atoms with E-state index in [0.29, 0.717) is 12.1 Å². The summed E-state index contributed by atoms with van der Waals surface area (Å²) in [6.45, 7) is 0.175. The van der Waals surface area contributed by atoms with Crippen LogP contribution in [0, 0.1) is 10.1 Å². The van der Waals surface area contributed by atoms with Crippen molar-refractivity contribution in [3.05, 3.63) is 61.3 Å². The fourth-order valence-electron chi connectivity index (χ4n) is 2.63. The minimum Gasteiger partial charge on any atom is -0.456 e. The molecule has 0 spiro atoms. The van der Waals surface area contributed by atoms with E-state index in [4.69, 9.17) is 9.15 Å². The number of hydrogen-bond donors (Lipinski definition) is 1. The highest BCUT2D eigenvalue weighted by molar-refractivity contribution is 7.09. The molecular formula is C18H17N3O7S. The van der Waals surface area contributed by atoms with Crippen LogP contribution in [0.4, 0.5) is 5.69 Å². The van der Waals surface area contributed by atoms with Crippen LogP contribution in [0.2, 0.25) is 0 Å². The zero-order valence-electron chi connectivity index (χ0n) is 15.2. The summed E-state index contributed by atoms with van der Waals surface area (Å²) in [6, 6.07) is 7.64. The number of nitrogens with zero attached hydrogens (tertiary/aromatic N) is 2. The number of ether oxygens (including phenoxy) is 1. The number of benzene rings is 1. The van der Waals surface area contributed by atoms with E-state index in [1.165, 1.54) is 34.1 Å². The monoisotopic (exact) mass is 419 g/mol. The van der Waals surface area contributed by atoms with Gasteiger partial charge in [0.2, 0.25) is 0 Å². The van der Waals surface area contributed by atoms with Crippen LogP contribution in [0.15, 0.2) is 44.9 Å². The first-order valence-corrected chi connectivity index (χ1v) is 9.54. The Balaban J connectivity index is 1.45. The van der Waals surface area contributed by atoms with Crippen molar-refractivity contribution in [3.63, 3.8) is 0 Å². The molecule has 152 valence electrons. The molecule has 0 aliphatic rings. The van der Waals surface area contributed by atoms with Gasteiger partial charge >= 0.3 is 11.7 Å². The second-order valence-electron chi connectivity index (χ2n) is 6.05. The number of fused-ring (bicyclic) bond motifs is 1. The second kappa shape index (κ2) is 9.15. The third kappa shape index (κ3) is 5.29. The molecule has 29 heavy (non-hydrogen) atoms. The number of non-ortho nitro benzene ring substituents is 1. The van der Waals surface area contributed by atoms with Gasteiger partial charge in [0, 0.05) is 23.9 Å². The molecule has 0 atom stereocenters. The van der Waals surface area contributed by atoms with Crippen molar-refractivity contribution in [1.29, 1.82) is 0 Å². The van der Waals surface area contributed by atoms with Gasteiger partial charge in [-0.1, -0.05) is 6.07 Å². The minimum atomic E-state index is -0.665. The van der Waals surface area contributed by atoms with Crippen LogP contribution in [0.1, 0.15) is 17.7 Å². The van der Waals surface area contributed by atoms with Crippen molar-refractivity contribution in [1.82, 2.24) is 9.88 Å². The number of nitro groups is 1. The third-order valence-electron chi connectivity index (χ3n) is 4.03. The van der Waals surface area contributed by atoms with Crippen molar-refractivity contribution in [3.8, 4) is 0 Å². The molecule has 0 aliphatic heterocycles. The average Bonchev–Trinajstić information content (AvgIpc) is 3.32. The van der Waals surface area contributed by atoms with Crippen molar-refractivity contribution < 1.29 is 23.7 Å². The number of carbonyl (C=O) groups excluding carboxylic acids is 2. The molecule has 2 aromatic heterocycles. The number of amides is 1. The number of oxazole rings is 1. The number of thiophene rings is 1. The third-order valence-corrected chi connectivity index (χ3v) is 4.91. The molecule has 10 nitrogen and oxygen atoms in total. The summed E-state index contributed by atoms with van der Waals surface area (Å²) >= 11 is 1.51. The zero-order valence-corrected chi connectivity index (χ0v) is 16.0.